The number of piperidine rings is 1. The first-order chi connectivity index (χ1) is 18.6. The molecule has 0 aliphatic carbocycles. The van der Waals surface area contributed by atoms with E-state index in [0.29, 0.717) is 24.5 Å². The van der Waals surface area contributed by atoms with Crippen molar-refractivity contribution in [3.63, 3.8) is 0 Å². The van der Waals surface area contributed by atoms with Gasteiger partial charge in [0.2, 0.25) is 0 Å². The number of benzene rings is 1. The number of nitrogens with one attached hydrogen (secondary N) is 1. The Kier molecular flexibility index (Phi) is 7.53. The molecule has 3 atom stereocenters. The van der Waals surface area contributed by atoms with Crippen molar-refractivity contribution in [3.05, 3.63) is 53.5 Å². The molecule has 2 aliphatic heterocycles. The van der Waals surface area contributed by atoms with Crippen molar-refractivity contribution in [1.82, 2.24) is 9.97 Å². The minimum atomic E-state index is -1.39. The predicted molar refractivity (Wildman–Crippen MR) is 143 cm³/mol. The highest BCUT2D eigenvalue weighted by Crippen LogP contribution is 2.39. The van der Waals surface area contributed by atoms with Gasteiger partial charge in [-0.1, -0.05) is 18.3 Å². The summed E-state index contributed by atoms with van der Waals surface area (Å²) in [7, 11) is 0. The molecule has 0 radical (unpaired) electrons. The van der Waals surface area contributed by atoms with Gasteiger partial charge in [0.1, 0.15) is 21.6 Å². The number of pyridine rings is 1. The molecule has 2 fully saturated rings. The molecular formula is C26H30F2N6O4S. The van der Waals surface area contributed by atoms with E-state index in [1.165, 1.54) is 6.20 Å². The van der Waals surface area contributed by atoms with Crippen molar-refractivity contribution in [2.24, 2.45) is 11.7 Å². The van der Waals surface area contributed by atoms with Gasteiger partial charge in [-0.3, -0.25) is 9.78 Å². The smallest absolute Gasteiger partial charge is 0.277 e. The average Bonchev–Trinajstić information content (AvgIpc) is 3.28. The highest BCUT2D eigenvalue weighted by atomic mass is 32.1. The number of nitrogens with zero attached hydrogens (tertiary/aromatic N) is 3. The first-order valence-electron chi connectivity index (χ1n) is 12.6. The summed E-state index contributed by atoms with van der Waals surface area (Å²) in [5.74, 6) is -2.60. The van der Waals surface area contributed by atoms with Crippen molar-refractivity contribution >= 4 is 33.6 Å². The summed E-state index contributed by atoms with van der Waals surface area (Å²) in [6, 6.07) is 3.43. The molecule has 10 nitrogen and oxygen atoms in total. The molecule has 4 heterocycles. The molecule has 0 spiro atoms. The second-order valence-corrected chi connectivity index (χ2v) is 11.1. The van der Waals surface area contributed by atoms with Crippen LogP contribution in [0.25, 0.3) is 10.6 Å². The van der Waals surface area contributed by atoms with Crippen LogP contribution in [0.5, 0.6) is 0 Å². The molecule has 3 aromatic rings. The van der Waals surface area contributed by atoms with Crippen molar-refractivity contribution in [2.45, 2.75) is 37.5 Å². The van der Waals surface area contributed by atoms with Gasteiger partial charge < -0.3 is 36.6 Å². The van der Waals surface area contributed by atoms with E-state index >= 15 is 8.78 Å². The molecule has 39 heavy (non-hydrogen) atoms. The molecule has 7 N–H and O–H groups in total. The summed E-state index contributed by atoms with van der Waals surface area (Å²) < 4.78 is 35.6. The van der Waals surface area contributed by atoms with Gasteiger partial charge in [0, 0.05) is 57.3 Å². The van der Waals surface area contributed by atoms with Crippen LogP contribution in [-0.2, 0) is 10.3 Å². The number of aromatic nitrogens is 2. The zero-order chi connectivity index (χ0) is 27.9. The number of anilines is 3. The minimum Gasteiger partial charge on any atom is -0.391 e. The summed E-state index contributed by atoms with van der Waals surface area (Å²) in [6.07, 6.45) is 2.85. The summed E-state index contributed by atoms with van der Waals surface area (Å²) in [5, 5.41) is 23.7. The van der Waals surface area contributed by atoms with Crippen molar-refractivity contribution in [1.29, 1.82) is 0 Å². The van der Waals surface area contributed by atoms with Crippen LogP contribution >= 0.6 is 11.3 Å². The van der Waals surface area contributed by atoms with E-state index in [4.69, 9.17) is 16.2 Å². The molecule has 1 aromatic carbocycles. The number of halogens is 2. The molecule has 13 heteroatoms. The molecule has 5 rings (SSSR count). The van der Waals surface area contributed by atoms with Crippen LogP contribution in [-0.4, -0.2) is 64.5 Å². The molecular weight excluding hydrogens is 530 g/mol. The fraction of sp³-hybridized carbons (Fsp3) is 0.423. The number of hydrogen-bond acceptors (Lipinski definition) is 10. The largest absolute Gasteiger partial charge is 0.391 e. The van der Waals surface area contributed by atoms with E-state index in [-0.39, 0.29) is 53.2 Å². The summed E-state index contributed by atoms with van der Waals surface area (Å²) in [6.45, 7) is 3.35. The molecule has 2 aromatic heterocycles. The molecule has 2 saturated heterocycles. The molecule has 0 saturated carbocycles. The number of nitrogens with two attached hydrogens (primary N) is 2. The normalized spacial score (nSPS) is 23.0. The number of carbonyl (C=O) groups is 1. The van der Waals surface area contributed by atoms with Crippen LogP contribution < -0.4 is 21.7 Å². The third-order valence-electron chi connectivity index (χ3n) is 7.33. The van der Waals surface area contributed by atoms with Crippen LogP contribution in [0.2, 0.25) is 0 Å². The SMILES string of the molecule is CC1CN(c2ccncc2NC(=O)c2nc(-c3c(F)cc(C4(O)CCOCC4)cc3F)sc2N)CC(N)C1O. The Morgan fingerprint density at radius 3 is 2.62 bits per heavy atom. The number of hydrogen-bond donors (Lipinski definition) is 5. The monoisotopic (exact) mass is 560 g/mol. The third kappa shape index (κ3) is 5.32. The lowest BCUT2D eigenvalue weighted by atomic mass is 9.86. The van der Waals surface area contributed by atoms with Crippen LogP contribution in [0.15, 0.2) is 30.6 Å². The number of aliphatic hydroxyl groups is 2. The Morgan fingerprint density at radius 2 is 1.95 bits per heavy atom. The maximum absolute atomic E-state index is 15.2. The minimum absolute atomic E-state index is 0.0180. The van der Waals surface area contributed by atoms with E-state index in [9.17, 15) is 15.0 Å². The van der Waals surface area contributed by atoms with Gasteiger partial charge in [0.15, 0.2) is 5.69 Å². The van der Waals surface area contributed by atoms with Crippen LogP contribution in [0.4, 0.5) is 25.2 Å². The molecule has 3 unspecified atom stereocenters. The van der Waals surface area contributed by atoms with Gasteiger partial charge >= 0.3 is 0 Å². The number of thiazole rings is 1. The van der Waals surface area contributed by atoms with E-state index in [0.717, 1.165) is 23.5 Å². The van der Waals surface area contributed by atoms with Crippen molar-refractivity contribution < 1.29 is 28.5 Å². The summed E-state index contributed by atoms with van der Waals surface area (Å²) >= 11 is 0.781. The second kappa shape index (κ2) is 10.7. The first-order valence-corrected chi connectivity index (χ1v) is 13.4. The van der Waals surface area contributed by atoms with E-state index in [1.54, 1.807) is 12.3 Å². The Morgan fingerprint density at radius 1 is 1.26 bits per heavy atom. The summed E-state index contributed by atoms with van der Waals surface area (Å²) in [5.41, 5.74) is 11.3. The van der Waals surface area contributed by atoms with Gasteiger partial charge in [-0.25, -0.2) is 13.8 Å². The number of nitrogen functional groups attached to an aromatic ring is 1. The van der Waals surface area contributed by atoms with Gasteiger partial charge in [-0.2, -0.15) is 0 Å². The molecule has 2 aliphatic rings. The number of carbonyl (C=O) groups excluding carboxylic acids is 1. The Hall–Kier alpha value is -3.23. The third-order valence-corrected chi connectivity index (χ3v) is 8.23. The number of aliphatic hydroxyl groups excluding tert-OH is 1. The van der Waals surface area contributed by atoms with E-state index < -0.39 is 40.9 Å². The van der Waals surface area contributed by atoms with E-state index in [1.807, 2.05) is 11.8 Å². The van der Waals surface area contributed by atoms with Crippen molar-refractivity contribution in [2.75, 3.05) is 42.3 Å². The van der Waals surface area contributed by atoms with Crippen LogP contribution in [0.1, 0.15) is 35.8 Å². The second-order valence-electron chi connectivity index (χ2n) is 10.1. The maximum Gasteiger partial charge on any atom is 0.277 e. The lowest BCUT2D eigenvalue weighted by Gasteiger charge is -2.40. The predicted octanol–water partition coefficient (Wildman–Crippen LogP) is 2.46. The Bertz CT molecular complexity index is 1350. The van der Waals surface area contributed by atoms with Gasteiger partial charge in [-0.05, 0) is 23.8 Å². The van der Waals surface area contributed by atoms with Gasteiger partial charge in [0.25, 0.3) is 5.91 Å². The standard InChI is InChI=1S/C26H30F2N6O4S/c1-13-11-34(12-17(29)22(13)35)19-2-5-31-10-18(19)32-24(36)21-23(30)39-25(33-21)20-15(27)8-14(9-16(20)28)26(37)3-6-38-7-4-26/h2,5,8-10,13,17,22,35,37H,3-4,6-7,11-12,29-30H2,1H3,(H,32,36). The zero-order valence-electron chi connectivity index (χ0n) is 21.2. The highest BCUT2D eigenvalue weighted by Gasteiger charge is 2.35. The zero-order valence-corrected chi connectivity index (χ0v) is 22.0. The average molecular weight is 561 g/mol. The lowest BCUT2D eigenvalue weighted by molar-refractivity contribution is -0.0682. The number of ether oxygens (including phenoxy) is 1. The number of amides is 1. The van der Waals surface area contributed by atoms with Crippen molar-refractivity contribution in [3.8, 4) is 10.6 Å². The number of rotatable bonds is 5. The maximum atomic E-state index is 15.2. The molecule has 208 valence electrons. The topological polar surface area (TPSA) is 160 Å². The fourth-order valence-electron chi connectivity index (χ4n) is 5.10. The van der Waals surface area contributed by atoms with Gasteiger partial charge in [-0.15, -0.1) is 0 Å². The Balaban J connectivity index is 1.40. The molecule has 1 amide bonds. The quantitative estimate of drug-likeness (QED) is 0.316. The highest BCUT2D eigenvalue weighted by molar-refractivity contribution is 7.19. The Labute approximate surface area is 227 Å². The first kappa shape index (κ1) is 27.3. The lowest BCUT2D eigenvalue weighted by Crippen LogP contribution is -2.55. The van der Waals surface area contributed by atoms with E-state index in [2.05, 4.69) is 15.3 Å². The molecule has 0 bridgehead atoms. The fourth-order valence-corrected chi connectivity index (χ4v) is 5.97. The van der Waals surface area contributed by atoms with Crippen LogP contribution in [0, 0.1) is 17.6 Å². The van der Waals surface area contributed by atoms with Gasteiger partial charge in [0.05, 0.1) is 34.8 Å². The van der Waals surface area contributed by atoms with Crippen LogP contribution in [0.3, 0.4) is 0 Å². The summed E-state index contributed by atoms with van der Waals surface area (Å²) in [4.78, 5) is 23.4.